The first-order chi connectivity index (χ1) is 12.0. The van der Waals surface area contributed by atoms with Crippen LogP contribution in [-0.4, -0.2) is 59.1 Å². The number of hydrogen-bond acceptors (Lipinski definition) is 5. The van der Waals surface area contributed by atoms with Gasteiger partial charge in [-0.25, -0.2) is 9.36 Å². The molecular formula is C16H19ClN5O3+. The number of hydrogen-bond donors (Lipinski definition) is 3. The maximum Gasteiger partial charge on any atom is 0.335 e. The third kappa shape index (κ3) is 3.59. The van der Waals surface area contributed by atoms with Crippen LogP contribution in [0.2, 0.25) is 5.02 Å². The van der Waals surface area contributed by atoms with E-state index in [9.17, 15) is 14.7 Å². The largest absolute Gasteiger partial charge is 0.493 e. The predicted molar refractivity (Wildman–Crippen MR) is 95.1 cm³/mol. The number of halogens is 1. The molecule has 1 fully saturated rings. The van der Waals surface area contributed by atoms with E-state index in [-0.39, 0.29) is 16.3 Å². The van der Waals surface area contributed by atoms with Crippen LogP contribution in [0.15, 0.2) is 39.0 Å². The van der Waals surface area contributed by atoms with Crippen molar-refractivity contribution in [3.63, 3.8) is 0 Å². The second-order valence-corrected chi connectivity index (χ2v) is 6.35. The van der Waals surface area contributed by atoms with E-state index in [1.165, 1.54) is 11.1 Å². The highest BCUT2D eigenvalue weighted by Gasteiger charge is 2.18. The number of nitrogens with zero attached hydrogens (tertiary/aromatic N) is 3. The number of aromatic hydroxyl groups is 1. The molecule has 0 aliphatic carbocycles. The fraction of sp³-hybridized carbons (Fsp3) is 0.312. The Bertz CT molecular complexity index is 913. The molecule has 1 aliphatic rings. The average Bonchev–Trinajstić information content (AvgIpc) is 2.57. The molecule has 2 aromatic rings. The molecule has 0 bridgehead atoms. The van der Waals surface area contributed by atoms with Gasteiger partial charge in [-0.05, 0) is 12.1 Å². The fourth-order valence-electron chi connectivity index (χ4n) is 2.64. The number of H-pyrrole nitrogens is 1. The lowest BCUT2D eigenvalue weighted by Gasteiger charge is -2.27. The lowest BCUT2D eigenvalue weighted by atomic mass is 10.3. The van der Waals surface area contributed by atoms with E-state index in [0.29, 0.717) is 0 Å². The first-order valence-electron chi connectivity index (χ1n) is 7.91. The summed E-state index contributed by atoms with van der Waals surface area (Å²) in [5, 5.41) is 16.8. The van der Waals surface area contributed by atoms with Crippen LogP contribution >= 0.6 is 11.6 Å². The number of piperazine rings is 1. The molecule has 3 N–H and O–H groups in total. The van der Waals surface area contributed by atoms with Gasteiger partial charge in [0.15, 0.2) is 0 Å². The van der Waals surface area contributed by atoms with Crippen LogP contribution in [0.1, 0.15) is 5.56 Å². The third-order valence-electron chi connectivity index (χ3n) is 4.16. The summed E-state index contributed by atoms with van der Waals surface area (Å²) in [5.41, 5.74) is -1.28. The normalized spacial score (nSPS) is 15.8. The molecule has 1 aliphatic heterocycles. The summed E-state index contributed by atoms with van der Waals surface area (Å²) in [7, 11) is 2.11. The number of rotatable bonds is 3. The molecule has 0 radical (unpaired) electrons. The zero-order chi connectivity index (χ0) is 18.0. The van der Waals surface area contributed by atoms with Gasteiger partial charge in [0.25, 0.3) is 5.56 Å². The van der Waals surface area contributed by atoms with Crippen molar-refractivity contribution in [1.29, 1.82) is 0 Å². The summed E-state index contributed by atoms with van der Waals surface area (Å²) < 4.78 is 0.958. The SMILES string of the molecule is C[NH+]1CCN(/N=C/c2c(O)n(-c3ccccc3Cl)c(=O)[nH]c2=O)CC1. The highest BCUT2D eigenvalue weighted by Crippen LogP contribution is 2.22. The first kappa shape index (κ1) is 17.2. The molecular weight excluding hydrogens is 346 g/mol. The number of benzene rings is 1. The fourth-order valence-corrected chi connectivity index (χ4v) is 2.86. The van der Waals surface area contributed by atoms with Gasteiger partial charge >= 0.3 is 5.69 Å². The van der Waals surface area contributed by atoms with Crippen LogP contribution in [0, 0.1) is 0 Å². The Morgan fingerprint density at radius 2 is 1.96 bits per heavy atom. The van der Waals surface area contributed by atoms with Crippen LogP contribution in [0.5, 0.6) is 5.88 Å². The quantitative estimate of drug-likeness (QED) is 0.612. The Balaban J connectivity index is 2.01. The molecule has 0 saturated carbocycles. The van der Waals surface area contributed by atoms with E-state index < -0.39 is 17.1 Å². The van der Waals surface area contributed by atoms with E-state index in [1.54, 1.807) is 24.3 Å². The topological polar surface area (TPSA) is 95.1 Å². The van der Waals surface area contributed by atoms with Gasteiger partial charge in [-0.2, -0.15) is 5.10 Å². The third-order valence-corrected chi connectivity index (χ3v) is 4.48. The van der Waals surface area contributed by atoms with Gasteiger partial charge in [0.05, 0.1) is 50.2 Å². The van der Waals surface area contributed by atoms with Crippen molar-refractivity contribution in [2.24, 2.45) is 5.10 Å². The van der Waals surface area contributed by atoms with E-state index >= 15 is 0 Å². The Labute approximate surface area is 148 Å². The lowest BCUT2D eigenvalue weighted by Crippen LogP contribution is -3.11. The van der Waals surface area contributed by atoms with E-state index in [1.807, 2.05) is 5.01 Å². The zero-order valence-corrected chi connectivity index (χ0v) is 14.5. The molecule has 132 valence electrons. The molecule has 0 atom stereocenters. The minimum absolute atomic E-state index is 0.0919. The van der Waals surface area contributed by atoms with Gasteiger partial charge in [0.2, 0.25) is 5.88 Å². The number of hydrazone groups is 1. The molecule has 0 unspecified atom stereocenters. The Morgan fingerprint density at radius 3 is 2.64 bits per heavy atom. The van der Waals surface area contributed by atoms with Crippen LogP contribution in [0.3, 0.4) is 0 Å². The Kier molecular flexibility index (Phi) is 4.91. The Morgan fingerprint density at radius 1 is 1.28 bits per heavy atom. The van der Waals surface area contributed by atoms with Gasteiger partial charge < -0.3 is 10.0 Å². The number of para-hydroxylation sites is 1. The van der Waals surface area contributed by atoms with Gasteiger partial charge in [-0.1, -0.05) is 23.7 Å². The number of likely N-dealkylation sites (N-methyl/N-ethyl adjacent to an activating group) is 1. The maximum atomic E-state index is 12.1. The summed E-state index contributed by atoms with van der Waals surface area (Å²) in [4.78, 5) is 27.8. The van der Waals surface area contributed by atoms with Crippen molar-refractivity contribution in [2.75, 3.05) is 33.2 Å². The molecule has 1 saturated heterocycles. The molecule has 0 spiro atoms. The summed E-state index contributed by atoms with van der Waals surface area (Å²) in [6, 6.07) is 6.55. The minimum atomic E-state index is -0.768. The van der Waals surface area contributed by atoms with Crippen molar-refractivity contribution in [3.05, 3.63) is 55.7 Å². The number of quaternary nitrogens is 1. The van der Waals surface area contributed by atoms with Crippen molar-refractivity contribution in [2.45, 2.75) is 0 Å². The minimum Gasteiger partial charge on any atom is -0.493 e. The summed E-state index contributed by atoms with van der Waals surface area (Å²) in [5.74, 6) is -0.495. The van der Waals surface area contributed by atoms with E-state index in [2.05, 4.69) is 17.1 Å². The molecule has 25 heavy (non-hydrogen) atoms. The van der Waals surface area contributed by atoms with Crippen LogP contribution in [0.25, 0.3) is 5.69 Å². The standard InChI is InChI=1S/C16H18ClN5O3/c1-20-6-8-21(9-7-20)18-10-11-14(23)19-16(25)22(15(11)24)13-5-3-2-4-12(13)17/h2-5,10,24H,6-9H2,1H3,(H,19,23,25)/p+1/b18-10+. The second kappa shape index (κ2) is 7.12. The summed E-state index contributed by atoms with van der Waals surface area (Å²) >= 11 is 6.10. The van der Waals surface area contributed by atoms with Crippen molar-refractivity contribution < 1.29 is 10.0 Å². The number of aromatic nitrogens is 2. The van der Waals surface area contributed by atoms with Gasteiger partial charge in [0.1, 0.15) is 5.56 Å². The number of nitrogens with one attached hydrogen (secondary N) is 2. The number of aromatic amines is 1. The van der Waals surface area contributed by atoms with E-state index in [0.717, 1.165) is 30.7 Å². The molecule has 9 heteroatoms. The summed E-state index contributed by atoms with van der Waals surface area (Å²) in [6.45, 7) is 3.40. The van der Waals surface area contributed by atoms with Crippen molar-refractivity contribution >= 4 is 17.8 Å². The van der Waals surface area contributed by atoms with Gasteiger partial charge in [-0.3, -0.25) is 14.8 Å². The monoisotopic (exact) mass is 364 g/mol. The van der Waals surface area contributed by atoms with Crippen molar-refractivity contribution in [3.8, 4) is 11.6 Å². The lowest BCUT2D eigenvalue weighted by molar-refractivity contribution is -0.884. The second-order valence-electron chi connectivity index (χ2n) is 5.94. The van der Waals surface area contributed by atoms with Crippen LogP contribution in [0.4, 0.5) is 0 Å². The van der Waals surface area contributed by atoms with Gasteiger partial charge in [-0.15, -0.1) is 0 Å². The van der Waals surface area contributed by atoms with Crippen LogP contribution < -0.4 is 16.1 Å². The highest BCUT2D eigenvalue weighted by atomic mass is 35.5. The highest BCUT2D eigenvalue weighted by molar-refractivity contribution is 6.32. The molecule has 3 rings (SSSR count). The van der Waals surface area contributed by atoms with Crippen LogP contribution in [-0.2, 0) is 0 Å². The van der Waals surface area contributed by atoms with Crippen molar-refractivity contribution in [1.82, 2.24) is 14.6 Å². The summed E-state index contributed by atoms with van der Waals surface area (Å²) in [6.07, 6.45) is 1.28. The molecule has 1 aromatic heterocycles. The molecule has 0 amide bonds. The van der Waals surface area contributed by atoms with E-state index in [4.69, 9.17) is 11.6 Å². The zero-order valence-electron chi connectivity index (χ0n) is 13.7. The Hall–Kier alpha value is -2.58. The average molecular weight is 365 g/mol. The molecule has 1 aromatic carbocycles. The first-order valence-corrected chi connectivity index (χ1v) is 8.28. The molecule has 2 heterocycles. The smallest absolute Gasteiger partial charge is 0.335 e. The molecule has 8 nitrogen and oxygen atoms in total. The maximum absolute atomic E-state index is 12.1. The predicted octanol–water partition coefficient (Wildman–Crippen LogP) is -0.951. The van der Waals surface area contributed by atoms with Gasteiger partial charge in [0, 0.05) is 0 Å².